The average molecular weight is 354 g/mol. The van der Waals surface area contributed by atoms with E-state index < -0.39 is 35.4 Å². The molecule has 0 aliphatic heterocycles. The van der Waals surface area contributed by atoms with Crippen molar-refractivity contribution in [2.75, 3.05) is 6.54 Å². The molecule has 0 unspecified atom stereocenters. The van der Waals surface area contributed by atoms with Gasteiger partial charge < -0.3 is 26.5 Å². The molecular weight excluding hydrogens is 336 g/mol. The van der Waals surface area contributed by atoms with Crippen LogP contribution in [0.2, 0.25) is 0 Å². The highest BCUT2D eigenvalue weighted by Crippen LogP contribution is 2.28. The van der Waals surface area contributed by atoms with Gasteiger partial charge in [0.05, 0.1) is 12.5 Å². The van der Waals surface area contributed by atoms with Crippen molar-refractivity contribution >= 4 is 28.2 Å². The predicted octanol–water partition coefficient (Wildman–Crippen LogP) is -0.414. The largest absolute Gasteiger partial charge is 0.548 e. The van der Waals surface area contributed by atoms with Crippen LogP contribution in [0, 0.1) is 0 Å². The summed E-state index contributed by atoms with van der Waals surface area (Å²) in [5.41, 5.74) is -0.398. The smallest absolute Gasteiger partial charge is 0.275 e. The van der Waals surface area contributed by atoms with Crippen LogP contribution in [0.15, 0.2) is 4.79 Å². The Morgan fingerprint density at radius 2 is 2.00 bits per heavy atom. The molecule has 0 spiro atoms. The van der Waals surface area contributed by atoms with Crippen LogP contribution in [0.25, 0.3) is 4.96 Å². The Bertz CT molecular complexity index is 857. The number of amides is 1. The number of carbonyl (C=O) groups excluding carboxylic acids is 2. The van der Waals surface area contributed by atoms with E-state index in [-0.39, 0.29) is 6.15 Å². The van der Waals surface area contributed by atoms with Crippen molar-refractivity contribution in [2.45, 2.75) is 32.1 Å². The molecule has 0 saturated carbocycles. The van der Waals surface area contributed by atoms with Gasteiger partial charge in [-0.15, -0.1) is 11.3 Å². The molecule has 2 heterocycles. The SMILES string of the molecule is O=C([O-])CNC(=O)c1c(O)nc2sc3c(n2c1=O)CCCCC3.[NH4+]. The summed E-state index contributed by atoms with van der Waals surface area (Å²) in [6, 6.07) is 0. The summed E-state index contributed by atoms with van der Waals surface area (Å²) in [6.07, 6.45) is 4.59. The highest BCUT2D eigenvalue weighted by molar-refractivity contribution is 7.17. The number of carbonyl (C=O) groups is 2. The Morgan fingerprint density at radius 3 is 2.71 bits per heavy atom. The number of nitrogens with one attached hydrogen (secondary N) is 1. The number of hydrogen-bond donors (Lipinski definition) is 3. The van der Waals surface area contributed by atoms with E-state index in [4.69, 9.17) is 0 Å². The number of aliphatic carboxylic acids is 1. The molecule has 0 bridgehead atoms. The van der Waals surface area contributed by atoms with Crippen LogP contribution in [0.4, 0.5) is 0 Å². The van der Waals surface area contributed by atoms with E-state index in [2.05, 4.69) is 4.98 Å². The van der Waals surface area contributed by atoms with Crippen molar-refractivity contribution in [3.8, 4) is 5.88 Å². The summed E-state index contributed by atoms with van der Waals surface area (Å²) in [6.45, 7) is -0.748. The first-order valence-corrected chi connectivity index (χ1v) is 8.05. The monoisotopic (exact) mass is 354 g/mol. The Hall–Kier alpha value is -2.46. The first-order chi connectivity index (χ1) is 11.0. The standard InChI is InChI=1S/C14H15N3O5S.H3N/c18-9(19)6-15-11(20)10-12(21)16-14-17(13(10)22)7-4-2-1-3-5-8(7)23-14;/h21H,1-6H2,(H,15,20)(H,18,19);1H3. The third kappa shape index (κ3) is 3.10. The number of aromatic hydroxyl groups is 1. The Labute approximate surface area is 140 Å². The number of aryl methyl sites for hydroxylation is 2. The number of rotatable bonds is 3. The maximum atomic E-state index is 12.6. The Morgan fingerprint density at radius 1 is 1.29 bits per heavy atom. The van der Waals surface area contributed by atoms with Crippen molar-refractivity contribution in [1.82, 2.24) is 20.9 Å². The third-order valence-corrected chi connectivity index (χ3v) is 4.92. The number of quaternary nitrogens is 1. The molecule has 6 N–H and O–H groups in total. The minimum absolute atomic E-state index is 0. The first-order valence-electron chi connectivity index (χ1n) is 7.23. The highest BCUT2D eigenvalue weighted by atomic mass is 32.1. The molecule has 1 aliphatic carbocycles. The zero-order chi connectivity index (χ0) is 16.6. The molecule has 0 atom stereocenters. The van der Waals surface area contributed by atoms with Gasteiger partial charge in [0.15, 0.2) is 10.5 Å². The maximum absolute atomic E-state index is 12.6. The topological polar surface area (TPSA) is 160 Å². The van der Waals surface area contributed by atoms with Gasteiger partial charge in [-0.1, -0.05) is 6.42 Å². The lowest BCUT2D eigenvalue weighted by molar-refractivity contribution is -0.303. The van der Waals surface area contributed by atoms with Crippen LogP contribution in [-0.2, 0) is 17.6 Å². The third-order valence-electron chi connectivity index (χ3n) is 3.78. The van der Waals surface area contributed by atoms with Crippen LogP contribution in [-0.4, -0.2) is 32.9 Å². The fraction of sp³-hybridized carbons (Fsp3) is 0.429. The molecule has 2 aromatic rings. The molecule has 1 aliphatic rings. The van der Waals surface area contributed by atoms with Gasteiger partial charge >= 0.3 is 0 Å². The number of aromatic nitrogens is 2. The minimum Gasteiger partial charge on any atom is -0.548 e. The van der Waals surface area contributed by atoms with Crippen molar-refractivity contribution in [2.24, 2.45) is 0 Å². The van der Waals surface area contributed by atoms with Gasteiger partial charge in [0.1, 0.15) is 0 Å². The van der Waals surface area contributed by atoms with Gasteiger partial charge in [0.25, 0.3) is 11.5 Å². The number of nitrogens with zero attached hydrogens (tertiary/aromatic N) is 2. The van der Waals surface area contributed by atoms with Crippen LogP contribution in [0.1, 0.15) is 40.2 Å². The van der Waals surface area contributed by atoms with E-state index in [1.54, 1.807) is 0 Å². The van der Waals surface area contributed by atoms with E-state index in [0.29, 0.717) is 11.4 Å². The molecule has 24 heavy (non-hydrogen) atoms. The lowest BCUT2D eigenvalue weighted by Crippen LogP contribution is -2.40. The van der Waals surface area contributed by atoms with Gasteiger partial charge in [-0.3, -0.25) is 14.0 Å². The van der Waals surface area contributed by atoms with Crippen molar-refractivity contribution < 1.29 is 19.8 Å². The van der Waals surface area contributed by atoms with E-state index in [1.165, 1.54) is 15.7 Å². The Kier molecular flexibility index (Phi) is 5.20. The number of carboxylic acids is 1. The molecule has 0 fully saturated rings. The average Bonchev–Trinajstić information content (AvgIpc) is 2.67. The van der Waals surface area contributed by atoms with Crippen LogP contribution < -0.4 is 22.1 Å². The Balaban J connectivity index is 0.00000208. The summed E-state index contributed by atoms with van der Waals surface area (Å²) in [5, 5.41) is 22.3. The second-order valence-corrected chi connectivity index (χ2v) is 6.38. The van der Waals surface area contributed by atoms with E-state index in [1.807, 2.05) is 5.32 Å². The van der Waals surface area contributed by atoms with Crippen molar-refractivity contribution in [1.29, 1.82) is 0 Å². The molecule has 0 aromatic carbocycles. The number of hydrogen-bond acceptors (Lipinski definition) is 7. The quantitative estimate of drug-likeness (QED) is 0.635. The molecule has 9 nitrogen and oxygen atoms in total. The normalized spacial score (nSPS) is 13.7. The van der Waals surface area contributed by atoms with E-state index >= 15 is 0 Å². The lowest BCUT2D eigenvalue weighted by atomic mass is 10.2. The number of thiazole rings is 1. The van der Waals surface area contributed by atoms with Gasteiger partial charge in [-0.05, 0) is 25.7 Å². The van der Waals surface area contributed by atoms with Gasteiger partial charge in [-0.25, -0.2) is 0 Å². The minimum atomic E-state index is -1.49. The predicted molar refractivity (Wildman–Crippen MR) is 85.6 cm³/mol. The summed E-state index contributed by atoms with van der Waals surface area (Å²) < 4.78 is 1.36. The van der Waals surface area contributed by atoms with Crippen molar-refractivity contribution in [3.05, 3.63) is 26.5 Å². The fourth-order valence-electron chi connectivity index (χ4n) is 2.73. The van der Waals surface area contributed by atoms with Crippen LogP contribution in [0.3, 0.4) is 0 Å². The highest BCUT2D eigenvalue weighted by Gasteiger charge is 2.24. The number of fused-ring (bicyclic) bond motifs is 3. The van der Waals surface area contributed by atoms with Crippen LogP contribution >= 0.6 is 11.3 Å². The second-order valence-electron chi connectivity index (χ2n) is 5.32. The second kappa shape index (κ2) is 6.97. The molecule has 130 valence electrons. The molecular formula is C14H18N4O5S. The van der Waals surface area contributed by atoms with Crippen LogP contribution in [0.5, 0.6) is 5.88 Å². The zero-order valence-corrected chi connectivity index (χ0v) is 13.9. The molecule has 3 rings (SSSR count). The van der Waals surface area contributed by atoms with Gasteiger partial charge in [0, 0.05) is 10.6 Å². The zero-order valence-electron chi connectivity index (χ0n) is 13.1. The van der Waals surface area contributed by atoms with Gasteiger partial charge in [0.2, 0.25) is 5.88 Å². The number of carboxylic acid groups (broad SMARTS) is 1. The molecule has 1 amide bonds. The van der Waals surface area contributed by atoms with E-state index in [9.17, 15) is 24.6 Å². The summed E-state index contributed by atoms with van der Waals surface area (Å²) >= 11 is 1.34. The summed E-state index contributed by atoms with van der Waals surface area (Å²) in [5.74, 6) is -3.16. The molecule has 0 saturated heterocycles. The van der Waals surface area contributed by atoms with Crippen molar-refractivity contribution in [3.63, 3.8) is 0 Å². The van der Waals surface area contributed by atoms with E-state index in [0.717, 1.165) is 36.3 Å². The maximum Gasteiger partial charge on any atom is 0.275 e. The summed E-state index contributed by atoms with van der Waals surface area (Å²) in [7, 11) is 0. The molecule has 2 aromatic heterocycles. The fourth-order valence-corrected chi connectivity index (χ4v) is 3.93. The molecule has 0 radical (unpaired) electrons. The van der Waals surface area contributed by atoms with Gasteiger partial charge in [-0.2, -0.15) is 4.98 Å². The first kappa shape index (κ1) is 17.9. The summed E-state index contributed by atoms with van der Waals surface area (Å²) in [4.78, 5) is 40.3. The molecule has 10 heteroatoms. The lowest BCUT2D eigenvalue weighted by Gasteiger charge is -2.07.